The third kappa shape index (κ3) is 3.07. The lowest BCUT2D eigenvalue weighted by Crippen LogP contribution is -2.07. The summed E-state index contributed by atoms with van der Waals surface area (Å²) < 4.78 is 8.07. The van der Waals surface area contributed by atoms with E-state index in [0.29, 0.717) is 0 Å². The summed E-state index contributed by atoms with van der Waals surface area (Å²) in [6, 6.07) is 18.3. The quantitative estimate of drug-likeness (QED) is 0.636. The van der Waals surface area contributed by atoms with Crippen molar-refractivity contribution in [3.63, 3.8) is 0 Å². The van der Waals surface area contributed by atoms with Crippen LogP contribution in [-0.2, 0) is 13.0 Å². The topological polar surface area (TPSA) is 27.1 Å². The molecule has 0 fully saturated rings. The first-order valence-electron chi connectivity index (χ1n) is 7.50. The van der Waals surface area contributed by atoms with E-state index in [0.717, 1.165) is 43.1 Å². The van der Waals surface area contributed by atoms with E-state index in [2.05, 4.69) is 29.7 Å². The van der Waals surface area contributed by atoms with Crippen molar-refractivity contribution in [3.05, 3.63) is 60.4 Å². The number of nitrogens with zero attached hydrogens (tertiary/aromatic N) is 2. The largest absolute Gasteiger partial charge is 0.494 e. The van der Waals surface area contributed by atoms with Crippen LogP contribution in [0.25, 0.3) is 11.0 Å². The molecule has 1 heterocycles. The standard InChI is InChI=1S/C18H20N2O/c1-2-18-19-16-11-6-7-12-17(16)20(18)13-8-14-21-15-9-4-3-5-10-15/h3-7,9-12H,2,8,13-14H2,1H3. The van der Waals surface area contributed by atoms with Crippen LogP contribution in [0.5, 0.6) is 5.75 Å². The van der Waals surface area contributed by atoms with Crippen LogP contribution >= 0.6 is 0 Å². The van der Waals surface area contributed by atoms with Gasteiger partial charge < -0.3 is 9.30 Å². The Hall–Kier alpha value is -2.29. The first-order chi connectivity index (χ1) is 10.4. The van der Waals surface area contributed by atoms with Gasteiger partial charge in [0.2, 0.25) is 0 Å². The van der Waals surface area contributed by atoms with Gasteiger partial charge in [0.1, 0.15) is 11.6 Å². The van der Waals surface area contributed by atoms with E-state index in [-0.39, 0.29) is 0 Å². The predicted molar refractivity (Wildman–Crippen MR) is 85.7 cm³/mol. The van der Waals surface area contributed by atoms with E-state index < -0.39 is 0 Å². The molecule has 3 nitrogen and oxygen atoms in total. The van der Waals surface area contributed by atoms with Crippen LogP contribution in [0.2, 0.25) is 0 Å². The fourth-order valence-electron chi connectivity index (χ4n) is 2.57. The molecule has 1 aromatic heterocycles. The highest BCUT2D eigenvalue weighted by molar-refractivity contribution is 5.75. The molecular weight excluding hydrogens is 260 g/mol. The summed E-state index contributed by atoms with van der Waals surface area (Å²) in [6.45, 7) is 3.81. The number of fused-ring (bicyclic) bond motifs is 1. The third-order valence-electron chi connectivity index (χ3n) is 3.59. The van der Waals surface area contributed by atoms with Crippen molar-refractivity contribution in [2.75, 3.05) is 6.61 Å². The van der Waals surface area contributed by atoms with Crippen LogP contribution < -0.4 is 4.74 Å². The highest BCUT2D eigenvalue weighted by atomic mass is 16.5. The molecule has 3 rings (SSSR count). The monoisotopic (exact) mass is 280 g/mol. The third-order valence-corrected chi connectivity index (χ3v) is 3.59. The van der Waals surface area contributed by atoms with Crippen molar-refractivity contribution in [2.24, 2.45) is 0 Å². The van der Waals surface area contributed by atoms with Crippen molar-refractivity contribution in [2.45, 2.75) is 26.3 Å². The smallest absolute Gasteiger partial charge is 0.119 e. The summed E-state index contributed by atoms with van der Waals surface area (Å²) in [5.74, 6) is 2.08. The summed E-state index contributed by atoms with van der Waals surface area (Å²) >= 11 is 0. The summed E-state index contributed by atoms with van der Waals surface area (Å²) in [5, 5.41) is 0. The number of rotatable bonds is 6. The first kappa shape index (κ1) is 13.7. The van der Waals surface area contributed by atoms with Gasteiger partial charge in [-0.25, -0.2) is 4.98 Å². The average molecular weight is 280 g/mol. The van der Waals surface area contributed by atoms with Crippen LogP contribution in [0.1, 0.15) is 19.2 Å². The fraction of sp³-hybridized carbons (Fsp3) is 0.278. The van der Waals surface area contributed by atoms with E-state index >= 15 is 0 Å². The van der Waals surface area contributed by atoms with Gasteiger partial charge in [0.25, 0.3) is 0 Å². The molecule has 0 aliphatic carbocycles. The average Bonchev–Trinajstić information content (AvgIpc) is 2.90. The van der Waals surface area contributed by atoms with E-state index in [1.165, 1.54) is 5.52 Å². The van der Waals surface area contributed by atoms with Gasteiger partial charge in [-0.15, -0.1) is 0 Å². The number of aromatic nitrogens is 2. The number of ether oxygens (including phenoxy) is 1. The van der Waals surface area contributed by atoms with Gasteiger partial charge in [0, 0.05) is 13.0 Å². The zero-order valence-corrected chi connectivity index (χ0v) is 12.3. The van der Waals surface area contributed by atoms with E-state index in [1.54, 1.807) is 0 Å². The number of para-hydroxylation sites is 3. The first-order valence-corrected chi connectivity index (χ1v) is 7.50. The van der Waals surface area contributed by atoms with Crippen LogP contribution in [0.3, 0.4) is 0 Å². The SMILES string of the molecule is CCc1nc2ccccc2n1CCCOc1ccccc1. The Kier molecular flexibility index (Phi) is 4.20. The highest BCUT2D eigenvalue weighted by Crippen LogP contribution is 2.17. The molecule has 0 saturated carbocycles. The van der Waals surface area contributed by atoms with Crippen molar-refractivity contribution < 1.29 is 4.74 Å². The van der Waals surface area contributed by atoms with Crippen LogP contribution in [-0.4, -0.2) is 16.2 Å². The van der Waals surface area contributed by atoms with Crippen molar-refractivity contribution in [1.82, 2.24) is 9.55 Å². The minimum absolute atomic E-state index is 0.722. The van der Waals surface area contributed by atoms with E-state index in [4.69, 9.17) is 9.72 Å². The van der Waals surface area contributed by atoms with Crippen LogP contribution in [0.4, 0.5) is 0 Å². The Morgan fingerprint density at radius 1 is 1.00 bits per heavy atom. The van der Waals surface area contributed by atoms with Gasteiger partial charge in [0.05, 0.1) is 17.6 Å². The maximum Gasteiger partial charge on any atom is 0.119 e. The lowest BCUT2D eigenvalue weighted by molar-refractivity contribution is 0.302. The second kappa shape index (κ2) is 6.44. The number of imidazole rings is 1. The Morgan fingerprint density at radius 2 is 1.76 bits per heavy atom. The van der Waals surface area contributed by atoms with Crippen molar-refractivity contribution >= 4 is 11.0 Å². The molecule has 0 atom stereocenters. The summed E-state index contributed by atoms with van der Waals surface area (Å²) in [5.41, 5.74) is 2.30. The van der Waals surface area contributed by atoms with Gasteiger partial charge in [0.15, 0.2) is 0 Å². The predicted octanol–water partition coefficient (Wildman–Crippen LogP) is 4.07. The van der Waals surface area contributed by atoms with Crippen molar-refractivity contribution in [1.29, 1.82) is 0 Å². The van der Waals surface area contributed by atoms with Gasteiger partial charge in [-0.1, -0.05) is 37.3 Å². The molecule has 2 aromatic carbocycles. The number of benzene rings is 2. The molecule has 0 amide bonds. The molecule has 0 spiro atoms. The van der Waals surface area contributed by atoms with Gasteiger partial charge in [-0.2, -0.15) is 0 Å². The molecule has 21 heavy (non-hydrogen) atoms. The maximum atomic E-state index is 5.76. The Labute approximate surface area is 125 Å². The van der Waals surface area contributed by atoms with Crippen molar-refractivity contribution in [3.8, 4) is 5.75 Å². The molecule has 0 N–H and O–H groups in total. The van der Waals surface area contributed by atoms with Gasteiger partial charge in [-0.3, -0.25) is 0 Å². The summed E-state index contributed by atoms with van der Waals surface area (Å²) in [4.78, 5) is 4.69. The molecule has 0 radical (unpaired) electrons. The maximum absolute atomic E-state index is 5.76. The normalized spacial score (nSPS) is 10.9. The number of aryl methyl sites for hydroxylation is 2. The Bertz CT molecular complexity index is 704. The molecule has 0 aliphatic heterocycles. The molecule has 0 unspecified atom stereocenters. The second-order valence-corrected chi connectivity index (χ2v) is 5.04. The summed E-state index contributed by atoms with van der Waals surface area (Å²) in [6.07, 6.45) is 1.93. The lowest BCUT2D eigenvalue weighted by Gasteiger charge is -2.09. The zero-order chi connectivity index (χ0) is 14.5. The number of hydrogen-bond donors (Lipinski definition) is 0. The molecule has 3 heteroatoms. The van der Waals surface area contributed by atoms with E-state index in [1.807, 2.05) is 36.4 Å². The summed E-state index contributed by atoms with van der Waals surface area (Å²) in [7, 11) is 0. The van der Waals surface area contributed by atoms with E-state index in [9.17, 15) is 0 Å². The second-order valence-electron chi connectivity index (χ2n) is 5.04. The van der Waals surface area contributed by atoms with Crippen LogP contribution in [0, 0.1) is 0 Å². The Morgan fingerprint density at radius 3 is 2.57 bits per heavy atom. The Balaban J connectivity index is 1.65. The van der Waals surface area contributed by atoms with Gasteiger partial charge in [-0.05, 0) is 30.7 Å². The highest BCUT2D eigenvalue weighted by Gasteiger charge is 2.08. The molecule has 3 aromatic rings. The molecular formula is C18H20N2O. The van der Waals surface area contributed by atoms with Crippen LogP contribution in [0.15, 0.2) is 54.6 Å². The van der Waals surface area contributed by atoms with Gasteiger partial charge >= 0.3 is 0 Å². The molecule has 0 saturated heterocycles. The lowest BCUT2D eigenvalue weighted by atomic mass is 10.3. The molecule has 108 valence electrons. The molecule has 0 bridgehead atoms. The number of hydrogen-bond acceptors (Lipinski definition) is 2. The fourth-order valence-corrected chi connectivity index (χ4v) is 2.57. The zero-order valence-electron chi connectivity index (χ0n) is 12.3. The minimum atomic E-state index is 0.722. The molecule has 0 aliphatic rings. The minimum Gasteiger partial charge on any atom is -0.494 e.